The number of carbonyl (C=O) groups is 3. The van der Waals surface area contributed by atoms with Crippen molar-refractivity contribution in [3.05, 3.63) is 96.5 Å². The molecule has 3 aromatic rings. The van der Waals surface area contributed by atoms with E-state index < -0.39 is 40.4 Å². The number of aryl methyl sites for hydroxylation is 1. The van der Waals surface area contributed by atoms with Gasteiger partial charge in [0.25, 0.3) is 23.4 Å². The summed E-state index contributed by atoms with van der Waals surface area (Å²) in [6, 6.07) is 12.1. The number of nitro benzene ring substituents is 1. The predicted molar refractivity (Wildman–Crippen MR) is 134 cm³/mol. The van der Waals surface area contributed by atoms with Gasteiger partial charge in [0.05, 0.1) is 23.6 Å². The Hall–Kier alpha value is -3.76. The van der Waals surface area contributed by atoms with E-state index in [0.717, 1.165) is 16.5 Å². The molecule has 2 heterocycles. The third kappa shape index (κ3) is 3.48. The second kappa shape index (κ2) is 8.72. The second-order valence-corrected chi connectivity index (χ2v) is 9.70. The zero-order valence-electron chi connectivity index (χ0n) is 18.9. The third-order valence-electron chi connectivity index (χ3n) is 6.41. The quantitative estimate of drug-likeness (QED) is 0.183. The summed E-state index contributed by atoms with van der Waals surface area (Å²) in [7, 11) is 1.47. The number of nitro groups is 1. The zero-order valence-corrected chi connectivity index (χ0v) is 21.2. The number of hydrogen-bond donors (Lipinski definition) is 0. The maximum absolute atomic E-state index is 13.7. The Labute approximate surface area is 218 Å². The SMILES string of the molecule is COc1ccc(Br)cc1[C@@H]1[C@@H](N2C(=O)c3cccc([N+](=O)[O-])c3C2=O)C(=O)N1c1cc(Cl)ccc1C. The Balaban J connectivity index is 1.68. The first-order valence-electron chi connectivity index (χ1n) is 10.7. The first kappa shape index (κ1) is 24.0. The van der Waals surface area contributed by atoms with Crippen molar-refractivity contribution in [3.8, 4) is 5.75 Å². The van der Waals surface area contributed by atoms with E-state index in [1.165, 1.54) is 24.1 Å². The third-order valence-corrected chi connectivity index (χ3v) is 7.14. The molecule has 3 amide bonds. The van der Waals surface area contributed by atoms with Gasteiger partial charge < -0.3 is 4.74 Å². The Bertz CT molecular complexity index is 1490. The van der Waals surface area contributed by atoms with Crippen LogP contribution in [-0.4, -0.2) is 40.7 Å². The molecule has 9 nitrogen and oxygen atoms in total. The molecule has 1 saturated heterocycles. The molecule has 0 saturated carbocycles. The molecular weight excluding hydrogens is 554 g/mol. The van der Waals surface area contributed by atoms with Crippen LogP contribution < -0.4 is 9.64 Å². The van der Waals surface area contributed by atoms with Crippen LogP contribution in [0, 0.1) is 17.0 Å². The molecule has 0 N–H and O–H groups in total. The number of anilines is 1. The average Bonchev–Trinajstić information content (AvgIpc) is 3.09. The van der Waals surface area contributed by atoms with Crippen molar-refractivity contribution < 1.29 is 24.0 Å². The largest absolute Gasteiger partial charge is 0.496 e. The average molecular weight is 571 g/mol. The fourth-order valence-electron chi connectivity index (χ4n) is 4.77. The van der Waals surface area contributed by atoms with Crippen LogP contribution in [0.2, 0.25) is 5.02 Å². The molecule has 0 bridgehead atoms. The Morgan fingerprint density at radius 2 is 1.75 bits per heavy atom. The Morgan fingerprint density at radius 3 is 2.44 bits per heavy atom. The van der Waals surface area contributed by atoms with Gasteiger partial charge in [-0.15, -0.1) is 0 Å². The van der Waals surface area contributed by atoms with Gasteiger partial charge in [0, 0.05) is 26.8 Å². The van der Waals surface area contributed by atoms with Crippen molar-refractivity contribution in [3.63, 3.8) is 0 Å². The molecule has 1 fully saturated rings. The molecule has 11 heteroatoms. The zero-order chi connectivity index (χ0) is 25.9. The van der Waals surface area contributed by atoms with E-state index in [4.69, 9.17) is 16.3 Å². The normalized spacial score (nSPS) is 18.8. The molecule has 0 aromatic heterocycles. The van der Waals surface area contributed by atoms with Crippen LogP contribution in [0.15, 0.2) is 59.1 Å². The summed E-state index contributed by atoms with van der Waals surface area (Å²) < 4.78 is 6.24. The first-order chi connectivity index (χ1) is 17.1. The molecule has 0 radical (unpaired) electrons. The van der Waals surface area contributed by atoms with Crippen LogP contribution in [0.4, 0.5) is 11.4 Å². The molecule has 3 aromatic carbocycles. The summed E-state index contributed by atoms with van der Waals surface area (Å²) >= 11 is 9.67. The highest BCUT2D eigenvalue weighted by Crippen LogP contribution is 2.48. The van der Waals surface area contributed by atoms with Crippen molar-refractivity contribution in [2.24, 2.45) is 0 Å². The summed E-state index contributed by atoms with van der Waals surface area (Å²) in [6.45, 7) is 1.81. The minimum atomic E-state index is -1.25. The van der Waals surface area contributed by atoms with E-state index in [1.807, 2.05) is 6.92 Å². The molecule has 2 atom stereocenters. The van der Waals surface area contributed by atoms with Crippen LogP contribution in [0.5, 0.6) is 5.75 Å². The molecular formula is C25H17BrClN3O6. The lowest BCUT2D eigenvalue weighted by molar-refractivity contribution is -0.385. The van der Waals surface area contributed by atoms with E-state index in [-0.39, 0.29) is 11.1 Å². The number of methoxy groups -OCH3 is 1. The van der Waals surface area contributed by atoms with E-state index in [0.29, 0.717) is 26.5 Å². The van der Waals surface area contributed by atoms with Crippen molar-refractivity contribution in [2.75, 3.05) is 12.0 Å². The fourth-order valence-corrected chi connectivity index (χ4v) is 5.32. The molecule has 0 unspecified atom stereocenters. The monoisotopic (exact) mass is 569 g/mol. The number of nitrogens with zero attached hydrogens (tertiary/aromatic N) is 3. The van der Waals surface area contributed by atoms with Crippen LogP contribution in [-0.2, 0) is 4.79 Å². The smallest absolute Gasteiger partial charge is 0.282 e. The van der Waals surface area contributed by atoms with E-state index >= 15 is 0 Å². The number of halogens is 2. The molecule has 2 aliphatic rings. The second-order valence-electron chi connectivity index (χ2n) is 8.35. The number of imide groups is 1. The van der Waals surface area contributed by atoms with E-state index in [2.05, 4.69) is 15.9 Å². The summed E-state index contributed by atoms with van der Waals surface area (Å²) in [5.41, 5.74) is 0.889. The van der Waals surface area contributed by atoms with Crippen molar-refractivity contribution in [2.45, 2.75) is 19.0 Å². The van der Waals surface area contributed by atoms with Crippen molar-refractivity contribution in [1.29, 1.82) is 0 Å². The molecule has 0 aliphatic carbocycles. The highest BCUT2D eigenvalue weighted by molar-refractivity contribution is 9.10. The minimum Gasteiger partial charge on any atom is -0.496 e. The van der Waals surface area contributed by atoms with Gasteiger partial charge in [0.1, 0.15) is 17.4 Å². The van der Waals surface area contributed by atoms with Crippen LogP contribution >= 0.6 is 27.5 Å². The molecule has 2 aliphatic heterocycles. The van der Waals surface area contributed by atoms with E-state index in [9.17, 15) is 24.5 Å². The lowest BCUT2D eigenvalue weighted by atomic mass is 9.85. The van der Waals surface area contributed by atoms with E-state index in [1.54, 1.807) is 36.4 Å². The molecule has 36 heavy (non-hydrogen) atoms. The molecule has 0 spiro atoms. The topological polar surface area (TPSA) is 110 Å². The number of carbonyl (C=O) groups excluding carboxylic acids is 3. The predicted octanol–water partition coefficient (Wildman–Crippen LogP) is 5.08. The van der Waals surface area contributed by atoms with Crippen molar-refractivity contribution >= 4 is 56.6 Å². The van der Waals surface area contributed by atoms with Gasteiger partial charge in [-0.25, -0.2) is 0 Å². The van der Waals surface area contributed by atoms with Gasteiger partial charge in [0.2, 0.25) is 0 Å². The number of ether oxygens (including phenoxy) is 1. The van der Waals surface area contributed by atoms with Gasteiger partial charge in [-0.05, 0) is 48.9 Å². The van der Waals surface area contributed by atoms with Crippen molar-refractivity contribution in [1.82, 2.24) is 4.90 Å². The Morgan fingerprint density at radius 1 is 1.00 bits per heavy atom. The van der Waals surface area contributed by atoms with Crippen LogP contribution in [0.3, 0.4) is 0 Å². The van der Waals surface area contributed by atoms with Gasteiger partial charge >= 0.3 is 0 Å². The van der Waals surface area contributed by atoms with Crippen LogP contribution in [0.1, 0.15) is 37.9 Å². The van der Waals surface area contributed by atoms with Gasteiger partial charge in [-0.1, -0.05) is 39.7 Å². The molecule has 182 valence electrons. The van der Waals surface area contributed by atoms with Gasteiger partial charge in [-0.2, -0.15) is 0 Å². The van der Waals surface area contributed by atoms with Gasteiger partial charge in [-0.3, -0.25) is 34.3 Å². The highest BCUT2D eigenvalue weighted by Gasteiger charge is 2.59. The highest BCUT2D eigenvalue weighted by atomic mass is 79.9. The lowest BCUT2D eigenvalue weighted by Gasteiger charge is -2.50. The maximum Gasteiger partial charge on any atom is 0.282 e. The standard InChI is InChI=1S/C25H17BrClN3O6/c1-12-6-8-14(27)11-18(12)28-21(16-10-13(26)7-9-19(16)36-2)22(25(28)33)29-23(31)15-4-3-5-17(30(34)35)20(15)24(29)32/h3-11,21-22H,1-2H3/t21-,22-/m1/s1. The number of hydrogen-bond acceptors (Lipinski definition) is 6. The Kier molecular flexibility index (Phi) is 5.80. The van der Waals surface area contributed by atoms with Crippen LogP contribution in [0.25, 0.3) is 0 Å². The first-order valence-corrected chi connectivity index (χ1v) is 11.9. The summed E-state index contributed by atoms with van der Waals surface area (Å²) in [5.74, 6) is -1.74. The number of amides is 3. The molecule has 5 rings (SSSR count). The number of β-lactam (4-membered cyclic amide) rings is 1. The number of benzene rings is 3. The lowest BCUT2D eigenvalue weighted by Crippen LogP contribution is -2.67. The fraction of sp³-hybridized carbons (Fsp3) is 0.160. The van der Waals surface area contributed by atoms with Gasteiger partial charge in [0.15, 0.2) is 0 Å². The number of rotatable bonds is 5. The summed E-state index contributed by atoms with van der Waals surface area (Å²) in [5, 5.41) is 12.0. The minimum absolute atomic E-state index is 0.112. The maximum atomic E-state index is 13.7. The summed E-state index contributed by atoms with van der Waals surface area (Å²) in [6.07, 6.45) is 0. The number of fused-ring (bicyclic) bond motifs is 1. The summed E-state index contributed by atoms with van der Waals surface area (Å²) in [4.78, 5) is 53.6.